The van der Waals surface area contributed by atoms with Crippen LogP contribution in [0.2, 0.25) is 0 Å². The van der Waals surface area contributed by atoms with Crippen molar-refractivity contribution in [3.05, 3.63) is 60.3 Å². The molecular weight excluding hydrogens is 406 g/mol. The molecule has 0 unspecified atom stereocenters. The van der Waals surface area contributed by atoms with Crippen LogP contribution in [0.15, 0.2) is 54.7 Å². The SMILES string of the molecule is Cc1c(-c2ccc(OC3CCN(C(=O)[C@@H](C)NC(=O)O)CC3)cc2)ccc2cccnc12. The smallest absolute Gasteiger partial charge is 0.405 e. The quantitative estimate of drug-likeness (QED) is 0.628. The number of aromatic nitrogens is 1. The molecule has 2 N–H and O–H groups in total. The zero-order chi connectivity index (χ0) is 22.7. The lowest BCUT2D eigenvalue weighted by Crippen LogP contribution is -2.50. The van der Waals surface area contributed by atoms with E-state index in [1.165, 1.54) is 0 Å². The molecule has 1 aliphatic heterocycles. The highest BCUT2D eigenvalue weighted by atomic mass is 16.5. The number of ether oxygens (including phenoxy) is 1. The summed E-state index contributed by atoms with van der Waals surface area (Å²) in [4.78, 5) is 29.3. The summed E-state index contributed by atoms with van der Waals surface area (Å²) >= 11 is 0. The summed E-state index contributed by atoms with van der Waals surface area (Å²) in [6, 6.07) is 15.6. The van der Waals surface area contributed by atoms with Crippen LogP contribution in [0.1, 0.15) is 25.3 Å². The third-order valence-electron chi connectivity index (χ3n) is 5.96. The Morgan fingerprint density at radius 3 is 2.53 bits per heavy atom. The Balaban J connectivity index is 1.37. The molecule has 1 saturated heterocycles. The summed E-state index contributed by atoms with van der Waals surface area (Å²) in [6.45, 7) is 4.76. The molecule has 2 aromatic carbocycles. The first-order valence-corrected chi connectivity index (χ1v) is 10.8. The average molecular weight is 434 g/mol. The van der Waals surface area contributed by atoms with Gasteiger partial charge in [0.15, 0.2) is 0 Å². The number of hydrogen-bond acceptors (Lipinski definition) is 4. The number of aryl methyl sites for hydroxylation is 1. The molecule has 0 spiro atoms. The molecule has 1 fully saturated rings. The van der Waals surface area contributed by atoms with Crippen molar-refractivity contribution in [2.24, 2.45) is 0 Å². The summed E-state index contributed by atoms with van der Waals surface area (Å²) in [7, 11) is 0. The fraction of sp³-hybridized carbons (Fsp3) is 0.320. The number of benzene rings is 2. The van der Waals surface area contributed by atoms with E-state index in [9.17, 15) is 9.59 Å². The summed E-state index contributed by atoms with van der Waals surface area (Å²) in [5.41, 5.74) is 4.43. The Labute approximate surface area is 187 Å². The Hall–Kier alpha value is -3.61. The first-order chi connectivity index (χ1) is 15.4. The first kappa shape index (κ1) is 21.6. The molecule has 32 heavy (non-hydrogen) atoms. The molecule has 0 radical (unpaired) electrons. The van der Waals surface area contributed by atoms with E-state index in [1.807, 2.05) is 24.4 Å². The fourth-order valence-corrected chi connectivity index (χ4v) is 4.22. The number of carbonyl (C=O) groups excluding carboxylic acids is 1. The summed E-state index contributed by atoms with van der Waals surface area (Å²) in [5, 5.41) is 12.1. The number of hydrogen-bond donors (Lipinski definition) is 2. The highest BCUT2D eigenvalue weighted by Gasteiger charge is 2.27. The maximum Gasteiger partial charge on any atom is 0.405 e. The molecule has 2 heterocycles. The van der Waals surface area contributed by atoms with Crippen molar-refractivity contribution >= 4 is 22.9 Å². The Morgan fingerprint density at radius 2 is 1.84 bits per heavy atom. The number of piperidine rings is 1. The topological polar surface area (TPSA) is 91.8 Å². The maximum absolute atomic E-state index is 12.3. The minimum absolute atomic E-state index is 0.0271. The van der Waals surface area contributed by atoms with Crippen molar-refractivity contribution in [2.45, 2.75) is 38.8 Å². The van der Waals surface area contributed by atoms with Crippen LogP contribution in [0.4, 0.5) is 4.79 Å². The number of nitrogens with zero attached hydrogens (tertiary/aromatic N) is 2. The minimum atomic E-state index is -1.19. The largest absolute Gasteiger partial charge is 0.490 e. The van der Waals surface area contributed by atoms with Gasteiger partial charge in [0.1, 0.15) is 17.9 Å². The van der Waals surface area contributed by atoms with Crippen molar-refractivity contribution in [1.82, 2.24) is 15.2 Å². The van der Waals surface area contributed by atoms with Gasteiger partial charge in [-0.25, -0.2) is 4.79 Å². The molecule has 7 heteroatoms. The molecule has 4 rings (SSSR count). The molecule has 0 aliphatic carbocycles. The van der Waals surface area contributed by atoms with E-state index in [1.54, 1.807) is 11.8 Å². The number of fused-ring (bicyclic) bond motifs is 1. The molecule has 1 aliphatic rings. The van der Waals surface area contributed by atoms with Crippen LogP contribution in [0, 0.1) is 6.92 Å². The second-order valence-electron chi connectivity index (χ2n) is 8.15. The molecule has 1 aromatic heterocycles. The monoisotopic (exact) mass is 433 g/mol. The van der Waals surface area contributed by atoms with Crippen LogP contribution in [-0.2, 0) is 4.79 Å². The summed E-state index contributed by atoms with van der Waals surface area (Å²) < 4.78 is 6.14. The molecule has 7 nitrogen and oxygen atoms in total. The average Bonchev–Trinajstić information content (AvgIpc) is 2.80. The van der Waals surface area contributed by atoms with Crippen LogP contribution in [-0.4, -0.2) is 52.2 Å². The van der Waals surface area contributed by atoms with Crippen LogP contribution in [0.25, 0.3) is 22.0 Å². The molecule has 3 aromatic rings. The van der Waals surface area contributed by atoms with Crippen molar-refractivity contribution in [2.75, 3.05) is 13.1 Å². The molecule has 0 saturated carbocycles. The molecule has 1 atom stereocenters. The number of amides is 2. The van der Waals surface area contributed by atoms with Crippen LogP contribution >= 0.6 is 0 Å². The van der Waals surface area contributed by atoms with Gasteiger partial charge in [-0.2, -0.15) is 0 Å². The normalized spacial score (nSPS) is 15.4. The van der Waals surface area contributed by atoms with Gasteiger partial charge >= 0.3 is 6.09 Å². The zero-order valence-corrected chi connectivity index (χ0v) is 18.2. The number of pyridine rings is 1. The standard InChI is InChI=1S/C25H27N3O4/c1-16-22(10-7-19-4-3-13-26-23(16)19)18-5-8-20(9-6-18)32-21-11-14-28(15-12-21)24(29)17(2)27-25(30)31/h3-10,13,17,21,27H,11-12,14-15H2,1-2H3,(H,30,31)/t17-/m1/s1. The minimum Gasteiger partial charge on any atom is -0.490 e. The molecule has 166 valence electrons. The highest BCUT2D eigenvalue weighted by Crippen LogP contribution is 2.30. The van der Waals surface area contributed by atoms with Gasteiger partial charge in [-0.1, -0.05) is 30.3 Å². The number of carboxylic acid groups (broad SMARTS) is 1. The van der Waals surface area contributed by atoms with E-state index in [-0.39, 0.29) is 12.0 Å². The van der Waals surface area contributed by atoms with Crippen molar-refractivity contribution in [3.63, 3.8) is 0 Å². The van der Waals surface area contributed by atoms with Crippen molar-refractivity contribution in [3.8, 4) is 16.9 Å². The fourth-order valence-electron chi connectivity index (χ4n) is 4.22. The van der Waals surface area contributed by atoms with E-state index < -0.39 is 12.1 Å². The lowest BCUT2D eigenvalue weighted by Gasteiger charge is -2.33. The lowest BCUT2D eigenvalue weighted by atomic mass is 9.98. The number of likely N-dealkylation sites (tertiary alicyclic amines) is 1. The predicted molar refractivity (Wildman–Crippen MR) is 123 cm³/mol. The third-order valence-corrected chi connectivity index (χ3v) is 5.96. The molecule has 2 amide bonds. The molecule has 0 bridgehead atoms. The van der Waals surface area contributed by atoms with Crippen molar-refractivity contribution < 1.29 is 19.4 Å². The van der Waals surface area contributed by atoms with Crippen LogP contribution in [0.5, 0.6) is 5.75 Å². The van der Waals surface area contributed by atoms with Gasteiger partial charge in [0.25, 0.3) is 0 Å². The lowest BCUT2D eigenvalue weighted by molar-refractivity contribution is -0.134. The van der Waals surface area contributed by atoms with Crippen LogP contribution < -0.4 is 10.1 Å². The number of carbonyl (C=O) groups is 2. The maximum atomic E-state index is 12.3. The first-order valence-electron chi connectivity index (χ1n) is 10.8. The Kier molecular flexibility index (Phi) is 6.25. The van der Waals surface area contributed by atoms with Crippen molar-refractivity contribution in [1.29, 1.82) is 0 Å². The predicted octanol–water partition coefficient (Wildman–Crippen LogP) is 4.24. The van der Waals surface area contributed by atoms with Gasteiger partial charge in [-0.05, 0) is 48.7 Å². The Morgan fingerprint density at radius 1 is 1.12 bits per heavy atom. The summed E-state index contributed by atoms with van der Waals surface area (Å²) in [5.74, 6) is 0.603. The second kappa shape index (κ2) is 9.26. The van der Waals surface area contributed by atoms with Gasteiger partial charge in [0.2, 0.25) is 5.91 Å². The van der Waals surface area contributed by atoms with Gasteiger partial charge in [0, 0.05) is 37.5 Å². The number of nitrogens with one attached hydrogen (secondary N) is 1. The van der Waals surface area contributed by atoms with Gasteiger partial charge < -0.3 is 20.1 Å². The van der Waals surface area contributed by atoms with E-state index in [4.69, 9.17) is 9.84 Å². The second-order valence-corrected chi connectivity index (χ2v) is 8.15. The third kappa shape index (κ3) is 4.66. The van der Waals surface area contributed by atoms with Gasteiger partial charge in [0.05, 0.1) is 5.52 Å². The Bertz CT molecular complexity index is 1120. The highest BCUT2D eigenvalue weighted by molar-refractivity contribution is 5.88. The zero-order valence-electron chi connectivity index (χ0n) is 18.2. The van der Waals surface area contributed by atoms with Gasteiger partial charge in [-0.15, -0.1) is 0 Å². The van der Waals surface area contributed by atoms with E-state index in [0.717, 1.165) is 33.3 Å². The van der Waals surface area contributed by atoms with Gasteiger partial charge in [-0.3, -0.25) is 9.78 Å². The van der Waals surface area contributed by atoms with E-state index in [0.29, 0.717) is 25.9 Å². The molecular formula is C25H27N3O4. The number of rotatable bonds is 5. The summed E-state index contributed by atoms with van der Waals surface area (Å²) in [6.07, 6.45) is 2.07. The van der Waals surface area contributed by atoms with E-state index >= 15 is 0 Å². The van der Waals surface area contributed by atoms with E-state index in [2.05, 4.69) is 47.6 Å². The van der Waals surface area contributed by atoms with Crippen LogP contribution in [0.3, 0.4) is 0 Å².